The predicted molar refractivity (Wildman–Crippen MR) is 255 cm³/mol. The van der Waals surface area contributed by atoms with Crippen LogP contribution in [0.15, 0.2) is 73.4 Å². The standard InChI is InChI=1S/C52H67N7O7/c1-10-44(60)56-25-22-37(30-56)49(62)58(12-3)46(32(4)5)48(61)54-42-27-34-16-13-17-35(26-34)36-20-21-43-39(28-36)40(47(57(43)11-2)38-18-14-23-53-45(38)33(6)65-9)29-52(7,8)31-66-51(64)41-19-15-24-59(55-41)50(42)63/h10,13-14,16-18,20-21,23,26,28,32-33,37,41-42,46,55H,1,11-12,15,19,22,24-25,27,29-31H2,2-9H3,(H,54,61)/t33-,37-,41-,42-,46-/m0/s1. The second kappa shape index (κ2) is 20.3. The van der Waals surface area contributed by atoms with Gasteiger partial charge in [0.1, 0.15) is 18.1 Å². The van der Waals surface area contributed by atoms with Crippen molar-refractivity contribution in [2.75, 3.05) is 39.9 Å². The first-order valence-electron chi connectivity index (χ1n) is 23.6. The van der Waals surface area contributed by atoms with E-state index >= 15 is 0 Å². The maximum Gasteiger partial charge on any atom is 0.324 e. The Bertz CT molecular complexity index is 2480. The molecule has 6 bridgehead atoms. The molecule has 2 aromatic carbocycles. The van der Waals surface area contributed by atoms with Crippen LogP contribution in [-0.4, -0.2) is 112 Å². The molecule has 5 atom stereocenters. The number of carbonyl (C=O) groups is 5. The molecule has 14 heteroatoms. The number of esters is 1. The van der Waals surface area contributed by atoms with Gasteiger partial charge in [-0.3, -0.25) is 34.0 Å². The highest BCUT2D eigenvalue weighted by atomic mass is 16.5. The Kier molecular flexibility index (Phi) is 14.8. The number of pyridine rings is 1. The number of hydrazine groups is 1. The highest BCUT2D eigenvalue weighted by Crippen LogP contribution is 2.42. The van der Waals surface area contributed by atoms with Crippen LogP contribution in [0.1, 0.15) is 90.7 Å². The number of carbonyl (C=O) groups excluding carboxylic acids is 5. The number of benzene rings is 2. The molecule has 352 valence electrons. The van der Waals surface area contributed by atoms with Gasteiger partial charge in [0.2, 0.25) is 17.7 Å². The minimum absolute atomic E-state index is 0.137. The lowest BCUT2D eigenvalue weighted by Crippen LogP contribution is -2.62. The van der Waals surface area contributed by atoms with Crippen LogP contribution in [0.5, 0.6) is 0 Å². The largest absolute Gasteiger partial charge is 0.464 e. The highest BCUT2D eigenvalue weighted by Gasteiger charge is 2.41. The van der Waals surface area contributed by atoms with Crippen molar-refractivity contribution in [2.45, 2.75) is 111 Å². The average Bonchev–Trinajstić information content (AvgIpc) is 3.94. The van der Waals surface area contributed by atoms with Gasteiger partial charge in [-0.2, -0.15) is 0 Å². The predicted octanol–water partition coefficient (Wildman–Crippen LogP) is 6.65. The van der Waals surface area contributed by atoms with E-state index in [1.165, 1.54) is 11.1 Å². The molecule has 2 saturated heterocycles. The average molecular weight is 902 g/mol. The molecule has 4 amide bonds. The number of likely N-dealkylation sites (N-methyl/N-ethyl adjacent to an activating group) is 1. The van der Waals surface area contributed by atoms with Crippen LogP contribution in [0.2, 0.25) is 0 Å². The molecular weight excluding hydrogens is 835 g/mol. The summed E-state index contributed by atoms with van der Waals surface area (Å²) in [5.41, 5.74) is 10.5. The summed E-state index contributed by atoms with van der Waals surface area (Å²) in [7, 11) is 1.69. The molecule has 0 spiro atoms. The van der Waals surface area contributed by atoms with Crippen molar-refractivity contribution in [3.8, 4) is 22.4 Å². The summed E-state index contributed by atoms with van der Waals surface area (Å²) in [6.45, 7) is 19.7. The smallest absolute Gasteiger partial charge is 0.324 e. The summed E-state index contributed by atoms with van der Waals surface area (Å²) in [6.07, 6.45) is 5.04. The third-order valence-electron chi connectivity index (χ3n) is 13.5. The molecule has 66 heavy (non-hydrogen) atoms. The van der Waals surface area contributed by atoms with Crippen molar-refractivity contribution in [1.82, 2.24) is 35.1 Å². The molecule has 7 rings (SSSR count). The van der Waals surface area contributed by atoms with E-state index in [1.54, 1.807) is 23.1 Å². The van der Waals surface area contributed by atoms with Gasteiger partial charge in [0.25, 0.3) is 5.91 Å². The Labute approximate surface area is 389 Å². The summed E-state index contributed by atoms with van der Waals surface area (Å²) >= 11 is 0. The summed E-state index contributed by atoms with van der Waals surface area (Å²) in [6, 6.07) is 15.9. The minimum Gasteiger partial charge on any atom is -0.464 e. The van der Waals surface area contributed by atoms with Crippen LogP contribution < -0.4 is 10.7 Å². The van der Waals surface area contributed by atoms with Crippen molar-refractivity contribution in [3.63, 3.8) is 0 Å². The molecule has 3 aliphatic heterocycles. The third-order valence-corrected chi connectivity index (χ3v) is 13.5. The first-order valence-corrected chi connectivity index (χ1v) is 23.6. The molecule has 0 saturated carbocycles. The zero-order valence-corrected chi connectivity index (χ0v) is 39.9. The number of nitrogens with one attached hydrogen (secondary N) is 2. The van der Waals surface area contributed by atoms with E-state index in [4.69, 9.17) is 14.5 Å². The molecule has 2 fully saturated rings. The zero-order chi connectivity index (χ0) is 47.4. The lowest BCUT2D eigenvalue weighted by Gasteiger charge is -2.37. The number of methoxy groups -OCH3 is 1. The molecule has 0 aliphatic carbocycles. The Morgan fingerprint density at radius 1 is 1.05 bits per heavy atom. The summed E-state index contributed by atoms with van der Waals surface area (Å²) < 4.78 is 14.3. The van der Waals surface area contributed by atoms with Crippen molar-refractivity contribution in [2.24, 2.45) is 17.3 Å². The monoisotopic (exact) mass is 902 g/mol. The summed E-state index contributed by atoms with van der Waals surface area (Å²) in [5.74, 6) is -2.49. The fraction of sp³-hybridized carbons (Fsp3) is 0.500. The number of ether oxygens (including phenoxy) is 2. The summed E-state index contributed by atoms with van der Waals surface area (Å²) in [5, 5.41) is 5.62. The van der Waals surface area contributed by atoms with Gasteiger partial charge in [0, 0.05) is 74.3 Å². The second-order valence-corrected chi connectivity index (χ2v) is 19.1. The molecule has 5 heterocycles. The highest BCUT2D eigenvalue weighted by molar-refractivity contribution is 5.96. The van der Waals surface area contributed by atoms with E-state index in [2.05, 4.69) is 79.1 Å². The first-order chi connectivity index (χ1) is 31.6. The second-order valence-electron chi connectivity index (χ2n) is 19.1. The van der Waals surface area contributed by atoms with E-state index in [9.17, 15) is 24.0 Å². The SMILES string of the molecule is C=CC(=O)N1CC[C@H](C(=O)N(CC)[C@H](C(=O)N[C@H]2Cc3cccc(c3)-c3ccc4c(c3)c(c(-c3cccnc3[C@H](C)OC)n4CC)CC(C)(C)COC(=O)[C@@H]3CCCN(N3)C2=O)C(C)C)C1. The molecule has 0 radical (unpaired) electrons. The fourth-order valence-corrected chi connectivity index (χ4v) is 10.1. The lowest BCUT2D eigenvalue weighted by molar-refractivity contribution is -0.155. The molecule has 0 unspecified atom stereocenters. The molecule has 2 aromatic heterocycles. The topological polar surface area (TPSA) is 155 Å². The number of likely N-dealkylation sites (tertiary alicyclic amines) is 1. The number of nitrogens with zero attached hydrogens (tertiary/aromatic N) is 5. The number of aryl methyl sites for hydroxylation is 1. The number of amides is 4. The lowest BCUT2D eigenvalue weighted by atomic mass is 9.84. The maximum absolute atomic E-state index is 14.8. The Morgan fingerprint density at radius 3 is 2.53 bits per heavy atom. The van der Waals surface area contributed by atoms with Crippen molar-refractivity contribution < 1.29 is 33.4 Å². The quantitative estimate of drug-likeness (QED) is 0.124. The van der Waals surface area contributed by atoms with Crippen LogP contribution in [0, 0.1) is 17.3 Å². The Hall–Kier alpha value is -5.86. The van der Waals surface area contributed by atoms with Crippen molar-refractivity contribution in [3.05, 3.63) is 90.3 Å². The molecule has 14 nitrogen and oxygen atoms in total. The van der Waals surface area contributed by atoms with Gasteiger partial charge in [-0.15, -0.1) is 0 Å². The van der Waals surface area contributed by atoms with E-state index in [0.717, 1.165) is 50.1 Å². The van der Waals surface area contributed by atoms with Crippen LogP contribution in [0.4, 0.5) is 0 Å². The van der Waals surface area contributed by atoms with Crippen LogP contribution in [0.3, 0.4) is 0 Å². The summed E-state index contributed by atoms with van der Waals surface area (Å²) in [4.78, 5) is 77.9. The van der Waals surface area contributed by atoms with Gasteiger partial charge in [0.15, 0.2) is 0 Å². The third kappa shape index (κ3) is 9.95. The number of hydrogen-bond acceptors (Lipinski definition) is 9. The number of rotatable bonds is 11. The van der Waals surface area contributed by atoms with E-state index < -0.39 is 47.2 Å². The maximum atomic E-state index is 14.8. The molecule has 4 aromatic rings. The van der Waals surface area contributed by atoms with Crippen LogP contribution >= 0.6 is 0 Å². The Morgan fingerprint density at radius 2 is 1.82 bits per heavy atom. The first kappa shape index (κ1) is 48.1. The molecular formula is C52H67N7O7. The van der Waals surface area contributed by atoms with Crippen molar-refractivity contribution >= 4 is 40.5 Å². The minimum atomic E-state index is -1.05. The van der Waals surface area contributed by atoms with Gasteiger partial charge in [0.05, 0.1) is 30.0 Å². The van der Waals surface area contributed by atoms with Gasteiger partial charge in [-0.1, -0.05) is 64.6 Å². The fourth-order valence-electron chi connectivity index (χ4n) is 10.1. The van der Waals surface area contributed by atoms with Gasteiger partial charge < -0.3 is 29.2 Å². The number of aromatic nitrogens is 2. The number of hydrogen-bond donors (Lipinski definition) is 2. The van der Waals surface area contributed by atoms with E-state index in [-0.39, 0.29) is 50.0 Å². The molecule has 2 N–H and O–H groups in total. The van der Waals surface area contributed by atoms with Crippen LogP contribution in [0.25, 0.3) is 33.3 Å². The van der Waals surface area contributed by atoms with E-state index in [0.29, 0.717) is 45.3 Å². The zero-order valence-electron chi connectivity index (χ0n) is 39.9. The normalized spacial score (nSPS) is 21.0. The van der Waals surface area contributed by atoms with Gasteiger partial charge >= 0.3 is 5.97 Å². The van der Waals surface area contributed by atoms with Crippen LogP contribution in [-0.2, 0) is 52.8 Å². The van der Waals surface area contributed by atoms with Crippen molar-refractivity contribution in [1.29, 1.82) is 0 Å². The number of cyclic esters (lactones) is 1. The van der Waals surface area contributed by atoms with E-state index in [1.807, 2.05) is 45.9 Å². The number of fused-ring (bicyclic) bond motifs is 6. The Balaban J connectivity index is 1.30. The molecule has 3 aliphatic rings. The van der Waals surface area contributed by atoms with Gasteiger partial charge in [-0.25, -0.2) is 5.43 Å². The van der Waals surface area contributed by atoms with Gasteiger partial charge in [-0.05, 0) is 105 Å².